The molecular formula is C49H72BN7O7. The predicted octanol–water partition coefficient (Wildman–Crippen LogP) is 4.85. The van der Waals surface area contributed by atoms with Crippen molar-refractivity contribution >= 4 is 36.7 Å². The highest BCUT2D eigenvalue weighted by atomic mass is 16.7. The number of hydrogen-bond acceptors (Lipinski definition) is 9. The number of benzene rings is 2. The minimum atomic E-state index is -1.06. The van der Waals surface area contributed by atoms with Crippen LogP contribution in [0.3, 0.4) is 0 Å². The number of carbonyl (C=O) groups is 5. The second-order valence-electron chi connectivity index (χ2n) is 19.4. The van der Waals surface area contributed by atoms with Crippen molar-refractivity contribution in [3.63, 3.8) is 0 Å². The largest absolute Gasteiger partial charge is 0.481 e. The molecule has 0 aromatic heterocycles. The van der Waals surface area contributed by atoms with Crippen LogP contribution in [0.15, 0.2) is 60.8 Å². The van der Waals surface area contributed by atoms with E-state index in [1.165, 1.54) is 12.5 Å². The molecule has 0 radical (unpaired) electrons. The standard InChI is InChI=1S/C49H72BN7O7/c1-8-9-13-33-17-19-34(20-18-33)35-21-23-36(24-22-35)44(59)56-38(14-10-11-26-51)47(62)57-40-25-16-30(2)52-27-12-15-39(55-43(58)31(3)53-45(40)60)46(61)54-32(4)50-63-42-29-37-28-41(48(37,5)6)49(42,7)64-50/h17-24,31-32,37-42,52H,2,8-16,25-29,51H2,1,3-7H3,(H,53,60)(H,54,61)(H,55,58)(H,56,59)(H,57,62)/t31-,32-,37-,38-,39-,40-,41-,42+,49-/m0/s1. The van der Waals surface area contributed by atoms with Crippen molar-refractivity contribution in [3.8, 4) is 11.1 Å². The summed E-state index contributed by atoms with van der Waals surface area (Å²) in [4.78, 5) is 68.8. The number of aryl methyl sites for hydroxylation is 1. The van der Waals surface area contributed by atoms with E-state index >= 15 is 0 Å². The highest BCUT2D eigenvalue weighted by molar-refractivity contribution is 6.47. The van der Waals surface area contributed by atoms with Crippen LogP contribution in [0, 0.1) is 17.3 Å². The summed E-state index contributed by atoms with van der Waals surface area (Å²) in [5, 5.41) is 17.6. The molecule has 5 fully saturated rings. The summed E-state index contributed by atoms with van der Waals surface area (Å²) < 4.78 is 13.0. The van der Waals surface area contributed by atoms with Crippen LogP contribution in [0.2, 0.25) is 0 Å². The molecule has 15 heteroatoms. The average Bonchev–Trinajstić information content (AvgIpc) is 3.65. The molecule has 5 amide bonds. The number of allylic oxidation sites excluding steroid dienone is 1. The van der Waals surface area contributed by atoms with Gasteiger partial charge in [-0.3, -0.25) is 24.0 Å². The number of hydrogen-bond donors (Lipinski definition) is 7. The molecule has 2 heterocycles. The van der Waals surface area contributed by atoms with Gasteiger partial charge < -0.3 is 46.9 Å². The van der Waals surface area contributed by atoms with Crippen LogP contribution < -0.4 is 37.6 Å². The molecule has 8 N–H and O–H groups in total. The summed E-state index contributed by atoms with van der Waals surface area (Å²) in [5.41, 5.74) is 9.90. The molecule has 348 valence electrons. The Morgan fingerprint density at radius 2 is 1.64 bits per heavy atom. The fourth-order valence-corrected chi connectivity index (χ4v) is 10.0. The summed E-state index contributed by atoms with van der Waals surface area (Å²) >= 11 is 0. The Morgan fingerprint density at radius 3 is 2.31 bits per heavy atom. The van der Waals surface area contributed by atoms with Crippen molar-refractivity contribution in [2.24, 2.45) is 23.0 Å². The summed E-state index contributed by atoms with van der Waals surface area (Å²) in [7, 11) is -0.623. The molecule has 64 heavy (non-hydrogen) atoms. The third-order valence-electron chi connectivity index (χ3n) is 14.4. The third kappa shape index (κ3) is 11.6. The van der Waals surface area contributed by atoms with Crippen LogP contribution in [-0.2, 0) is 34.9 Å². The van der Waals surface area contributed by atoms with E-state index in [2.05, 4.69) is 90.4 Å². The van der Waals surface area contributed by atoms with E-state index in [0.29, 0.717) is 74.7 Å². The Kier molecular flexibility index (Phi) is 16.4. The van der Waals surface area contributed by atoms with E-state index in [-0.39, 0.29) is 23.8 Å². The molecule has 0 unspecified atom stereocenters. The molecule has 5 aliphatic rings. The lowest BCUT2D eigenvalue weighted by atomic mass is 9.43. The van der Waals surface area contributed by atoms with Gasteiger partial charge in [-0.15, -0.1) is 0 Å². The van der Waals surface area contributed by atoms with Gasteiger partial charge in [-0.05, 0) is 144 Å². The van der Waals surface area contributed by atoms with Crippen molar-refractivity contribution in [1.29, 1.82) is 0 Å². The van der Waals surface area contributed by atoms with Crippen molar-refractivity contribution < 1.29 is 33.3 Å². The Bertz CT molecular complexity index is 1980. The number of unbranched alkanes of at least 4 members (excludes halogenated alkanes) is 2. The van der Waals surface area contributed by atoms with E-state index in [0.717, 1.165) is 43.2 Å². The Hall–Kier alpha value is -4.73. The molecule has 2 aromatic rings. The zero-order chi connectivity index (χ0) is 46.2. The van der Waals surface area contributed by atoms with Gasteiger partial charge in [0, 0.05) is 17.8 Å². The molecule has 2 bridgehead atoms. The van der Waals surface area contributed by atoms with Gasteiger partial charge in [0.25, 0.3) is 5.91 Å². The molecule has 0 spiro atoms. The van der Waals surface area contributed by atoms with E-state index in [4.69, 9.17) is 15.0 Å². The maximum atomic E-state index is 14.0. The fourth-order valence-electron chi connectivity index (χ4n) is 10.0. The number of carbonyl (C=O) groups excluding carboxylic acids is 5. The van der Waals surface area contributed by atoms with E-state index < -0.39 is 66.5 Å². The first-order chi connectivity index (χ1) is 30.5. The Labute approximate surface area is 380 Å². The maximum Gasteiger partial charge on any atom is 0.481 e. The lowest BCUT2D eigenvalue weighted by Crippen LogP contribution is -2.65. The Morgan fingerprint density at radius 1 is 0.938 bits per heavy atom. The number of rotatable bonds is 15. The van der Waals surface area contributed by atoms with Gasteiger partial charge >= 0.3 is 7.12 Å². The number of nitrogens with two attached hydrogens (primary N) is 1. The summed E-state index contributed by atoms with van der Waals surface area (Å²) in [5.74, 6) is -1.96. The van der Waals surface area contributed by atoms with Crippen LogP contribution in [0.25, 0.3) is 11.1 Å². The first-order valence-electron chi connectivity index (χ1n) is 23.7. The van der Waals surface area contributed by atoms with Crippen molar-refractivity contribution in [1.82, 2.24) is 31.9 Å². The van der Waals surface area contributed by atoms with Crippen LogP contribution in [0.1, 0.15) is 128 Å². The first kappa shape index (κ1) is 48.7. The molecule has 7 rings (SSSR count). The quantitative estimate of drug-likeness (QED) is 0.0965. The lowest BCUT2D eigenvalue weighted by molar-refractivity contribution is -0.199. The van der Waals surface area contributed by atoms with E-state index in [9.17, 15) is 24.0 Å². The van der Waals surface area contributed by atoms with Gasteiger partial charge in [-0.2, -0.15) is 0 Å². The second kappa shape index (κ2) is 21.5. The summed E-state index contributed by atoms with van der Waals surface area (Å²) in [6.07, 6.45) is 8.27. The molecular weight excluding hydrogens is 809 g/mol. The van der Waals surface area contributed by atoms with Gasteiger partial charge in [0.15, 0.2) is 0 Å². The highest BCUT2D eigenvalue weighted by Crippen LogP contribution is 2.65. The SMILES string of the molecule is C=C1CC[C@H](NC(=O)[C@H](CCCCN)NC(=O)c2ccc(-c3ccc(CCCC)cc3)cc2)C(=O)N[C@@H](C)C(=O)N[C@H](C(=O)N[C@@H](C)B2O[C@@H]3C[C@@H]4C[C@@H](C4(C)C)[C@]3(C)O2)CCCN1. The smallest absolute Gasteiger partial charge is 0.404 e. The van der Waals surface area contributed by atoms with E-state index in [1.807, 2.05) is 19.1 Å². The minimum absolute atomic E-state index is 0.0340. The maximum absolute atomic E-state index is 14.0. The molecule has 14 nitrogen and oxygen atoms in total. The van der Waals surface area contributed by atoms with Crippen LogP contribution >= 0.6 is 0 Å². The normalized spacial score (nSPS) is 27.9. The monoisotopic (exact) mass is 882 g/mol. The van der Waals surface area contributed by atoms with Crippen molar-refractivity contribution in [2.75, 3.05) is 13.1 Å². The lowest BCUT2D eigenvalue weighted by Gasteiger charge is -2.64. The molecule has 9 atom stereocenters. The zero-order valence-electron chi connectivity index (χ0n) is 38.9. The van der Waals surface area contributed by atoms with E-state index in [1.54, 1.807) is 12.1 Å². The fraction of sp³-hybridized carbons (Fsp3) is 0.612. The highest BCUT2D eigenvalue weighted by Gasteiger charge is 2.68. The molecule has 3 aliphatic carbocycles. The van der Waals surface area contributed by atoms with Crippen LogP contribution in [0.5, 0.6) is 0 Å². The van der Waals surface area contributed by atoms with Gasteiger partial charge in [0.1, 0.15) is 24.2 Å². The van der Waals surface area contributed by atoms with Crippen molar-refractivity contribution in [2.45, 2.75) is 160 Å². The van der Waals surface area contributed by atoms with Crippen molar-refractivity contribution in [3.05, 3.63) is 71.9 Å². The van der Waals surface area contributed by atoms with Crippen LogP contribution in [0.4, 0.5) is 0 Å². The predicted molar refractivity (Wildman–Crippen MR) is 249 cm³/mol. The number of nitrogens with one attached hydrogen (secondary N) is 6. The topological polar surface area (TPSA) is 202 Å². The summed E-state index contributed by atoms with van der Waals surface area (Å²) in [6, 6.07) is 11.8. The van der Waals surface area contributed by atoms with Crippen LogP contribution in [-0.4, -0.2) is 91.6 Å². The zero-order valence-corrected chi connectivity index (χ0v) is 38.9. The molecule has 2 aliphatic heterocycles. The molecule has 2 aromatic carbocycles. The Balaban J connectivity index is 1.07. The second-order valence-corrected chi connectivity index (χ2v) is 19.4. The molecule has 2 saturated heterocycles. The van der Waals surface area contributed by atoms with Gasteiger partial charge in [-0.25, -0.2) is 0 Å². The van der Waals surface area contributed by atoms with Gasteiger partial charge in [0.2, 0.25) is 23.6 Å². The first-order valence-corrected chi connectivity index (χ1v) is 23.7. The van der Waals surface area contributed by atoms with Gasteiger partial charge in [0.05, 0.1) is 17.6 Å². The van der Waals surface area contributed by atoms with Gasteiger partial charge in [-0.1, -0.05) is 70.2 Å². The molecule has 3 saturated carbocycles. The minimum Gasteiger partial charge on any atom is -0.404 e. The average molecular weight is 882 g/mol. The third-order valence-corrected chi connectivity index (χ3v) is 14.4. The summed E-state index contributed by atoms with van der Waals surface area (Å²) in [6.45, 7) is 17.3. The number of amides is 5.